The van der Waals surface area contributed by atoms with Crippen LogP contribution in [0.15, 0.2) is 60.7 Å². The van der Waals surface area contributed by atoms with Crippen molar-refractivity contribution in [3.05, 3.63) is 77.4 Å². The summed E-state index contributed by atoms with van der Waals surface area (Å²) < 4.78 is 0. The van der Waals surface area contributed by atoms with Crippen molar-refractivity contribution >= 4 is 22.4 Å². The zero-order valence-electron chi connectivity index (χ0n) is 18.3. The van der Waals surface area contributed by atoms with Gasteiger partial charge in [-0.15, -0.1) is 0 Å². The number of hydrogen-bond donors (Lipinski definition) is 1. The zero-order valence-corrected chi connectivity index (χ0v) is 18.3. The van der Waals surface area contributed by atoms with Crippen molar-refractivity contribution in [2.24, 2.45) is 0 Å². The summed E-state index contributed by atoms with van der Waals surface area (Å²) in [4.78, 5) is 17.3. The largest absolute Gasteiger partial charge is 0.368 e. The molecule has 30 heavy (non-hydrogen) atoms. The monoisotopic (exact) mass is 402 g/mol. The third-order valence-electron chi connectivity index (χ3n) is 6.51. The fourth-order valence-corrected chi connectivity index (χ4v) is 4.46. The molecule has 156 valence electrons. The van der Waals surface area contributed by atoms with Crippen LogP contribution in [0.1, 0.15) is 29.7 Å². The molecule has 2 N–H and O–H groups in total. The van der Waals surface area contributed by atoms with Crippen LogP contribution in [-0.2, 0) is 4.79 Å². The van der Waals surface area contributed by atoms with Crippen LogP contribution in [0.2, 0.25) is 0 Å². The number of carbonyl (C=O) groups excluding carboxylic acids is 1. The van der Waals surface area contributed by atoms with E-state index in [1.165, 1.54) is 33.2 Å². The van der Waals surface area contributed by atoms with E-state index in [0.717, 1.165) is 26.2 Å². The van der Waals surface area contributed by atoms with E-state index in [1.54, 1.807) is 0 Å². The fourth-order valence-electron chi connectivity index (χ4n) is 4.46. The van der Waals surface area contributed by atoms with Gasteiger partial charge in [0.15, 0.2) is 6.54 Å². The van der Waals surface area contributed by atoms with Gasteiger partial charge in [-0.3, -0.25) is 4.79 Å². The van der Waals surface area contributed by atoms with Gasteiger partial charge in [0.05, 0.1) is 0 Å². The Kier molecular flexibility index (Phi) is 6.05. The van der Waals surface area contributed by atoms with E-state index in [9.17, 15) is 4.79 Å². The van der Waals surface area contributed by atoms with Crippen LogP contribution < -0.4 is 10.2 Å². The maximum atomic E-state index is 12.8. The highest BCUT2D eigenvalue weighted by Gasteiger charge is 2.24. The average Bonchev–Trinajstić information content (AvgIpc) is 2.79. The first-order chi connectivity index (χ1) is 14.5. The van der Waals surface area contributed by atoms with E-state index < -0.39 is 0 Å². The van der Waals surface area contributed by atoms with E-state index in [2.05, 4.69) is 91.7 Å². The van der Waals surface area contributed by atoms with Gasteiger partial charge in [-0.2, -0.15) is 0 Å². The Bertz CT molecular complexity index is 1030. The normalized spacial score (nSPS) is 15.4. The number of amides is 1. The van der Waals surface area contributed by atoms with Gasteiger partial charge in [0.25, 0.3) is 5.91 Å². The molecule has 0 saturated carbocycles. The predicted molar refractivity (Wildman–Crippen MR) is 124 cm³/mol. The number of nitrogens with zero attached hydrogens (tertiary/aromatic N) is 2. The van der Waals surface area contributed by atoms with Crippen molar-refractivity contribution < 1.29 is 10.1 Å². The maximum Gasteiger partial charge on any atom is 0.277 e. The van der Waals surface area contributed by atoms with Gasteiger partial charge >= 0.3 is 0 Å². The first-order valence-electron chi connectivity index (χ1n) is 10.9. The van der Waals surface area contributed by atoms with E-state index in [-0.39, 0.29) is 11.9 Å². The van der Waals surface area contributed by atoms with Gasteiger partial charge in [0.2, 0.25) is 0 Å². The molecule has 1 aliphatic heterocycles. The highest BCUT2D eigenvalue weighted by molar-refractivity contribution is 5.86. The van der Waals surface area contributed by atoms with Crippen molar-refractivity contribution in [1.82, 2.24) is 4.90 Å². The first kappa shape index (κ1) is 20.4. The third kappa shape index (κ3) is 4.19. The van der Waals surface area contributed by atoms with Crippen molar-refractivity contribution in [2.45, 2.75) is 26.8 Å². The molecule has 4 heteroatoms. The second-order valence-corrected chi connectivity index (χ2v) is 8.38. The number of rotatable bonds is 5. The SMILES string of the molecule is Cc1cccc(N2CCN(C(=O)C[NH2+][C@H](C)c3cccc4ccccc34)CC2)c1C. The van der Waals surface area contributed by atoms with Crippen LogP contribution in [0.4, 0.5) is 5.69 Å². The third-order valence-corrected chi connectivity index (χ3v) is 6.51. The Morgan fingerprint density at radius 3 is 2.43 bits per heavy atom. The summed E-state index contributed by atoms with van der Waals surface area (Å²) in [7, 11) is 0. The van der Waals surface area contributed by atoms with Gasteiger partial charge in [-0.25, -0.2) is 0 Å². The molecule has 4 nitrogen and oxygen atoms in total. The average molecular weight is 403 g/mol. The molecule has 3 aromatic rings. The Labute approximate surface area is 179 Å². The maximum absolute atomic E-state index is 12.8. The number of nitrogens with two attached hydrogens (primary N) is 1. The molecular formula is C26H32N3O+. The number of piperazine rings is 1. The van der Waals surface area contributed by atoms with Crippen molar-refractivity contribution in [3.63, 3.8) is 0 Å². The molecule has 0 spiro atoms. The van der Waals surface area contributed by atoms with Gasteiger partial charge < -0.3 is 15.1 Å². The van der Waals surface area contributed by atoms with E-state index in [1.807, 2.05) is 4.90 Å². The summed E-state index contributed by atoms with van der Waals surface area (Å²) in [5.41, 5.74) is 5.26. The Morgan fingerprint density at radius 2 is 1.63 bits per heavy atom. The smallest absolute Gasteiger partial charge is 0.277 e. The van der Waals surface area contributed by atoms with Crippen LogP contribution in [0.25, 0.3) is 10.8 Å². The predicted octanol–water partition coefficient (Wildman–Crippen LogP) is 3.43. The number of hydrogen-bond acceptors (Lipinski definition) is 2. The molecule has 0 aromatic heterocycles. The second-order valence-electron chi connectivity index (χ2n) is 8.38. The topological polar surface area (TPSA) is 40.2 Å². The zero-order chi connectivity index (χ0) is 21.1. The van der Waals surface area contributed by atoms with Crippen LogP contribution >= 0.6 is 0 Å². The lowest BCUT2D eigenvalue weighted by atomic mass is 10.00. The second kappa shape index (κ2) is 8.88. The highest BCUT2D eigenvalue weighted by atomic mass is 16.2. The van der Waals surface area contributed by atoms with Crippen molar-refractivity contribution in [3.8, 4) is 0 Å². The summed E-state index contributed by atoms with van der Waals surface area (Å²) in [5.74, 6) is 0.239. The minimum absolute atomic E-state index is 0.239. The Morgan fingerprint density at radius 1 is 0.933 bits per heavy atom. The molecule has 4 rings (SSSR count). The first-order valence-corrected chi connectivity index (χ1v) is 10.9. The molecule has 0 bridgehead atoms. The van der Waals surface area contributed by atoms with Crippen molar-refractivity contribution in [2.75, 3.05) is 37.6 Å². The summed E-state index contributed by atoms with van der Waals surface area (Å²) in [6, 6.07) is 21.6. The minimum atomic E-state index is 0.239. The molecule has 1 saturated heterocycles. The fraction of sp³-hybridized carbons (Fsp3) is 0.346. The lowest BCUT2D eigenvalue weighted by molar-refractivity contribution is -0.682. The number of anilines is 1. The van der Waals surface area contributed by atoms with Crippen LogP contribution in [0.5, 0.6) is 0 Å². The molecule has 1 heterocycles. The molecule has 0 unspecified atom stereocenters. The summed E-state index contributed by atoms with van der Waals surface area (Å²) in [6.45, 7) is 10.4. The molecule has 1 aliphatic rings. The van der Waals surface area contributed by atoms with Crippen LogP contribution in [0, 0.1) is 13.8 Å². The van der Waals surface area contributed by atoms with E-state index in [0.29, 0.717) is 6.54 Å². The van der Waals surface area contributed by atoms with Crippen molar-refractivity contribution in [1.29, 1.82) is 0 Å². The Hall–Kier alpha value is -2.85. The lowest BCUT2D eigenvalue weighted by Crippen LogP contribution is -2.87. The number of aryl methyl sites for hydroxylation is 1. The van der Waals surface area contributed by atoms with Gasteiger partial charge in [0, 0.05) is 37.4 Å². The molecule has 0 aliphatic carbocycles. The number of fused-ring (bicyclic) bond motifs is 1. The van der Waals surface area contributed by atoms with Gasteiger partial charge in [-0.05, 0) is 48.7 Å². The number of benzene rings is 3. The molecule has 1 fully saturated rings. The summed E-state index contributed by atoms with van der Waals surface area (Å²) in [5, 5.41) is 4.70. The van der Waals surface area contributed by atoms with E-state index in [4.69, 9.17) is 0 Å². The van der Waals surface area contributed by atoms with Gasteiger partial charge in [-0.1, -0.05) is 54.6 Å². The molecule has 1 amide bonds. The summed E-state index contributed by atoms with van der Waals surface area (Å²) in [6.07, 6.45) is 0. The number of carbonyl (C=O) groups is 1. The number of quaternary nitrogens is 1. The standard InChI is InChI=1S/C26H31N3O/c1-19-8-6-13-25(20(19)2)28-14-16-29(17-15-28)26(30)18-27-21(3)23-12-7-10-22-9-4-5-11-24(22)23/h4-13,21,27H,14-18H2,1-3H3/p+1/t21-/m1/s1. The molecule has 0 radical (unpaired) electrons. The van der Waals surface area contributed by atoms with Crippen LogP contribution in [-0.4, -0.2) is 43.5 Å². The van der Waals surface area contributed by atoms with E-state index >= 15 is 0 Å². The molecule has 3 aromatic carbocycles. The lowest BCUT2D eigenvalue weighted by Gasteiger charge is -2.36. The quantitative estimate of drug-likeness (QED) is 0.710. The molecular weight excluding hydrogens is 370 g/mol. The van der Waals surface area contributed by atoms with Gasteiger partial charge in [0.1, 0.15) is 6.04 Å². The van der Waals surface area contributed by atoms with Crippen LogP contribution in [0.3, 0.4) is 0 Å². The summed E-state index contributed by atoms with van der Waals surface area (Å²) >= 11 is 0. The Balaban J connectivity index is 1.33. The molecule has 1 atom stereocenters. The highest BCUT2D eigenvalue weighted by Crippen LogP contribution is 2.24. The minimum Gasteiger partial charge on any atom is -0.368 e.